The van der Waals surface area contributed by atoms with Crippen molar-refractivity contribution < 1.29 is 9.53 Å². The summed E-state index contributed by atoms with van der Waals surface area (Å²) < 4.78 is 5.83. The third kappa shape index (κ3) is 5.99. The number of aromatic nitrogens is 3. The molecule has 0 aliphatic rings. The number of hydrogen-bond acceptors (Lipinski definition) is 5. The quantitative estimate of drug-likeness (QED) is 0.276. The number of anilines is 1. The second-order valence-corrected chi connectivity index (χ2v) is 8.83. The van der Waals surface area contributed by atoms with Gasteiger partial charge >= 0.3 is 0 Å². The Kier molecular flexibility index (Phi) is 7.19. The van der Waals surface area contributed by atoms with Crippen LogP contribution in [0.4, 0.5) is 5.69 Å². The number of benzene rings is 4. The van der Waals surface area contributed by atoms with Crippen LogP contribution in [0.3, 0.4) is 0 Å². The van der Waals surface area contributed by atoms with Crippen LogP contribution in [-0.4, -0.2) is 26.0 Å². The molecule has 0 spiro atoms. The number of nitrogens with zero attached hydrogens (tertiary/aromatic N) is 3. The molecule has 0 saturated carbocycles. The van der Waals surface area contributed by atoms with Gasteiger partial charge in [-0.25, -0.2) is 0 Å². The molecule has 1 amide bonds. The molecule has 5 aromatic rings. The zero-order valence-corrected chi connectivity index (χ0v) is 21.0. The zero-order valence-electron chi connectivity index (χ0n) is 20.2. The molecule has 37 heavy (non-hydrogen) atoms. The summed E-state index contributed by atoms with van der Waals surface area (Å²) in [5.41, 5.74) is 5.81. The van der Waals surface area contributed by atoms with Crippen LogP contribution in [0.5, 0.6) is 5.75 Å². The second-order valence-electron chi connectivity index (χ2n) is 8.42. The Morgan fingerprint density at radius 3 is 2.43 bits per heavy atom. The molecule has 8 heteroatoms. The van der Waals surface area contributed by atoms with E-state index in [1.54, 1.807) is 23.0 Å². The number of rotatable bonds is 7. The Morgan fingerprint density at radius 1 is 0.865 bits per heavy atom. The Labute approximate surface area is 220 Å². The van der Waals surface area contributed by atoms with Gasteiger partial charge in [-0.15, -0.1) is 10.2 Å². The van der Waals surface area contributed by atoms with Gasteiger partial charge in [-0.1, -0.05) is 55.5 Å². The van der Waals surface area contributed by atoms with Gasteiger partial charge in [0.2, 0.25) is 0 Å². The molecule has 0 radical (unpaired) electrons. The molecule has 0 aliphatic heterocycles. The van der Waals surface area contributed by atoms with E-state index in [0.717, 1.165) is 23.2 Å². The number of carbonyl (C=O) groups is 1. The first kappa shape index (κ1) is 24.1. The molecule has 7 nitrogen and oxygen atoms in total. The van der Waals surface area contributed by atoms with Crippen LogP contribution >= 0.6 is 12.2 Å². The number of hydrogen-bond donors (Lipinski definition) is 2. The average molecular weight is 508 g/mol. The minimum atomic E-state index is -0.329. The summed E-state index contributed by atoms with van der Waals surface area (Å²) in [6.45, 7) is 2.54. The molecule has 0 unspecified atom stereocenters. The highest BCUT2D eigenvalue weighted by molar-refractivity contribution is 7.80. The topological polar surface area (TPSA) is 81.1 Å². The van der Waals surface area contributed by atoms with Gasteiger partial charge in [0.15, 0.2) is 5.11 Å². The fraction of sp³-hybridized carbons (Fsp3) is 0.103. The first-order valence-corrected chi connectivity index (χ1v) is 12.3. The van der Waals surface area contributed by atoms with E-state index in [0.29, 0.717) is 29.1 Å². The molecule has 2 N–H and O–H groups in total. The predicted molar refractivity (Wildman–Crippen MR) is 149 cm³/mol. The number of ether oxygens (including phenoxy) is 1. The summed E-state index contributed by atoms with van der Waals surface area (Å²) in [4.78, 5) is 14.4. The van der Waals surface area contributed by atoms with Crippen molar-refractivity contribution in [3.05, 3.63) is 114 Å². The van der Waals surface area contributed by atoms with E-state index in [9.17, 15) is 4.79 Å². The average Bonchev–Trinajstić information content (AvgIpc) is 3.36. The third-order valence-electron chi connectivity index (χ3n) is 5.79. The van der Waals surface area contributed by atoms with Crippen molar-refractivity contribution >= 4 is 40.0 Å². The predicted octanol–water partition coefficient (Wildman–Crippen LogP) is 5.69. The monoisotopic (exact) mass is 507 g/mol. The SMILES string of the molecule is CCc1ccc(-n2nc3ccc(NC(=S)NC(=O)c4cccc(OCc5ccccc5)c4)cc3n2)cc1. The van der Waals surface area contributed by atoms with Gasteiger partial charge < -0.3 is 10.1 Å². The molecule has 184 valence electrons. The lowest BCUT2D eigenvalue weighted by Crippen LogP contribution is -2.34. The lowest BCUT2D eigenvalue weighted by molar-refractivity contribution is 0.0977. The van der Waals surface area contributed by atoms with Crippen molar-refractivity contribution in [3.8, 4) is 11.4 Å². The molecule has 5 rings (SSSR count). The summed E-state index contributed by atoms with van der Waals surface area (Å²) in [5.74, 6) is 0.276. The number of aryl methyl sites for hydroxylation is 1. The van der Waals surface area contributed by atoms with Gasteiger partial charge in [0.1, 0.15) is 23.4 Å². The standard InChI is InChI=1S/C29H25N5O2S/c1-2-20-11-14-24(15-12-20)34-32-26-16-13-23(18-27(26)33-34)30-29(37)31-28(35)22-9-6-10-25(17-22)36-19-21-7-4-3-5-8-21/h3-18H,2,19H2,1H3,(H2,30,31,35,37). The molecule has 0 bridgehead atoms. The number of amides is 1. The van der Waals surface area contributed by atoms with E-state index in [-0.39, 0.29) is 11.0 Å². The van der Waals surface area contributed by atoms with Crippen molar-refractivity contribution in [1.82, 2.24) is 20.3 Å². The maximum atomic E-state index is 12.8. The summed E-state index contributed by atoms with van der Waals surface area (Å²) in [6, 6.07) is 30.6. The highest BCUT2D eigenvalue weighted by Crippen LogP contribution is 2.19. The van der Waals surface area contributed by atoms with E-state index >= 15 is 0 Å². The minimum Gasteiger partial charge on any atom is -0.489 e. The maximum absolute atomic E-state index is 12.8. The summed E-state index contributed by atoms with van der Waals surface area (Å²) in [7, 11) is 0. The summed E-state index contributed by atoms with van der Waals surface area (Å²) in [6.07, 6.45) is 0.980. The Morgan fingerprint density at radius 2 is 1.65 bits per heavy atom. The van der Waals surface area contributed by atoms with E-state index < -0.39 is 0 Å². The molecule has 1 heterocycles. The maximum Gasteiger partial charge on any atom is 0.257 e. The van der Waals surface area contributed by atoms with Gasteiger partial charge in [-0.3, -0.25) is 10.1 Å². The molecule has 1 aromatic heterocycles. The summed E-state index contributed by atoms with van der Waals surface area (Å²) >= 11 is 5.37. The minimum absolute atomic E-state index is 0.183. The van der Waals surface area contributed by atoms with Crippen molar-refractivity contribution in [2.24, 2.45) is 0 Å². The van der Waals surface area contributed by atoms with E-state index in [1.807, 2.05) is 66.7 Å². The fourth-order valence-corrected chi connectivity index (χ4v) is 3.99. The number of thiocarbonyl (C=S) groups is 1. The fourth-order valence-electron chi connectivity index (χ4n) is 3.78. The van der Waals surface area contributed by atoms with Crippen LogP contribution in [0.25, 0.3) is 16.7 Å². The Hall–Kier alpha value is -4.56. The van der Waals surface area contributed by atoms with Gasteiger partial charge in [-0.05, 0) is 78.3 Å². The molecular formula is C29H25N5O2S. The lowest BCUT2D eigenvalue weighted by atomic mass is 10.2. The highest BCUT2D eigenvalue weighted by atomic mass is 32.1. The number of nitrogens with one attached hydrogen (secondary N) is 2. The summed E-state index contributed by atoms with van der Waals surface area (Å²) in [5, 5.41) is 15.1. The smallest absolute Gasteiger partial charge is 0.257 e. The molecule has 0 fully saturated rings. The third-order valence-corrected chi connectivity index (χ3v) is 5.99. The Balaban J connectivity index is 1.21. The van der Waals surface area contributed by atoms with Crippen LogP contribution in [0.15, 0.2) is 97.1 Å². The highest BCUT2D eigenvalue weighted by Gasteiger charge is 2.11. The molecule has 0 saturated heterocycles. The van der Waals surface area contributed by atoms with Crippen LogP contribution in [0, 0.1) is 0 Å². The van der Waals surface area contributed by atoms with E-state index in [4.69, 9.17) is 17.0 Å². The first-order valence-electron chi connectivity index (χ1n) is 11.9. The number of carbonyl (C=O) groups excluding carboxylic acids is 1. The van der Waals surface area contributed by atoms with Crippen molar-refractivity contribution in [2.45, 2.75) is 20.0 Å². The first-order chi connectivity index (χ1) is 18.1. The van der Waals surface area contributed by atoms with Crippen LogP contribution < -0.4 is 15.4 Å². The van der Waals surface area contributed by atoms with Gasteiger partial charge in [0.05, 0.1) is 5.69 Å². The molecule has 0 aliphatic carbocycles. The van der Waals surface area contributed by atoms with Crippen molar-refractivity contribution in [2.75, 3.05) is 5.32 Å². The zero-order chi connectivity index (χ0) is 25.6. The number of fused-ring (bicyclic) bond motifs is 1. The molecule has 4 aromatic carbocycles. The largest absolute Gasteiger partial charge is 0.489 e. The molecule has 0 atom stereocenters. The van der Waals surface area contributed by atoms with Crippen LogP contribution in [0.2, 0.25) is 0 Å². The van der Waals surface area contributed by atoms with Gasteiger partial charge in [-0.2, -0.15) is 4.80 Å². The molecular weight excluding hydrogens is 482 g/mol. The van der Waals surface area contributed by atoms with E-state index in [2.05, 4.69) is 39.9 Å². The van der Waals surface area contributed by atoms with Crippen LogP contribution in [0.1, 0.15) is 28.4 Å². The lowest BCUT2D eigenvalue weighted by Gasteiger charge is -2.11. The normalized spacial score (nSPS) is 10.7. The van der Waals surface area contributed by atoms with Crippen molar-refractivity contribution in [1.29, 1.82) is 0 Å². The second kappa shape index (κ2) is 11.0. The van der Waals surface area contributed by atoms with Crippen LogP contribution in [-0.2, 0) is 13.0 Å². The van der Waals surface area contributed by atoms with E-state index in [1.165, 1.54) is 5.56 Å². The van der Waals surface area contributed by atoms with Gasteiger partial charge in [0, 0.05) is 11.3 Å². The Bertz CT molecular complexity index is 1550. The van der Waals surface area contributed by atoms with Gasteiger partial charge in [0.25, 0.3) is 5.91 Å². The van der Waals surface area contributed by atoms with Crippen molar-refractivity contribution in [3.63, 3.8) is 0 Å².